The fourth-order valence-corrected chi connectivity index (χ4v) is 3.40. The molecule has 5 nitrogen and oxygen atoms in total. The van der Waals surface area contributed by atoms with Crippen molar-refractivity contribution in [3.63, 3.8) is 0 Å². The quantitative estimate of drug-likeness (QED) is 0.745. The first-order chi connectivity index (χ1) is 8.09. The van der Waals surface area contributed by atoms with Crippen molar-refractivity contribution in [1.29, 1.82) is 0 Å². The number of amides is 1. The molecule has 2 heterocycles. The zero-order valence-corrected chi connectivity index (χ0v) is 10.6. The van der Waals surface area contributed by atoms with Crippen LogP contribution in [0.2, 0.25) is 0 Å². The number of carbonyl (C=O) groups is 2. The number of likely N-dealkylation sites (N-methyl/N-ethyl adjacent to an activating group) is 1. The van der Waals surface area contributed by atoms with Gasteiger partial charge in [-0.25, -0.2) is 4.79 Å². The molecule has 0 aromatic rings. The van der Waals surface area contributed by atoms with Crippen molar-refractivity contribution in [2.24, 2.45) is 0 Å². The van der Waals surface area contributed by atoms with Crippen molar-refractivity contribution in [1.82, 2.24) is 9.80 Å². The van der Waals surface area contributed by atoms with Crippen LogP contribution < -0.4 is 0 Å². The van der Waals surface area contributed by atoms with E-state index in [-0.39, 0.29) is 11.3 Å². The molecule has 94 valence electrons. The summed E-state index contributed by atoms with van der Waals surface area (Å²) in [6, 6.07) is 0. The number of carbonyl (C=O) groups excluding carboxylic acids is 1. The summed E-state index contributed by atoms with van der Waals surface area (Å²) < 4.78 is 0. The van der Waals surface area contributed by atoms with Gasteiger partial charge in [0.05, 0.1) is 11.1 Å². The lowest BCUT2D eigenvalue weighted by Crippen LogP contribution is -2.42. The van der Waals surface area contributed by atoms with E-state index >= 15 is 0 Å². The maximum absolute atomic E-state index is 12.0. The average Bonchev–Trinajstić information content (AvgIpc) is 2.58. The van der Waals surface area contributed by atoms with E-state index in [4.69, 9.17) is 5.11 Å². The van der Waals surface area contributed by atoms with Gasteiger partial charge in [0.2, 0.25) is 0 Å². The van der Waals surface area contributed by atoms with Gasteiger partial charge in [0.15, 0.2) is 0 Å². The Morgan fingerprint density at radius 1 is 1.41 bits per heavy atom. The number of hydrogen-bond acceptors (Lipinski definition) is 4. The number of aliphatic carboxylic acids is 1. The minimum atomic E-state index is -1.01. The van der Waals surface area contributed by atoms with Gasteiger partial charge in [0, 0.05) is 7.05 Å². The summed E-state index contributed by atoms with van der Waals surface area (Å²) in [6.07, 6.45) is 4.56. The summed E-state index contributed by atoms with van der Waals surface area (Å²) in [5, 5.41) is 9.03. The minimum Gasteiger partial charge on any atom is -0.478 e. The third kappa shape index (κ3) is 2.63. The second kappa shape index (κ2) is 5.10. The Hall–Kier alpha value is -1.01. The van der Waals surface area contributed by atoms with Crippen molar-refractivity contribution < 1.29 is 14.7 Å². The van der Waals surface area contributed by atoms with Crippen LogP contribution in [0.15, 0.2) is 11.1 Å². The SMILES string of the molecule is CN1C(=O)[C@H](N2CCCCC2)S/C1=C\C(=O)O. The summed E-state index contributed by atoms with van der Waals surface area (Å²) in [5.74, 6) is -1.02. The van der Waals surface area contributed by atoms with Gasteiger partial charge in [-0.05, 0) is 25.9 Å². The predicted molar refractivity (Wildman–Crippen MR) is 65.3 cm³/mol. The van der Waals surface area contributed by atoms with E-state index in [0.717, 1.165) is 32.0 Å². The molecule has 0 aromatic heterocycles. The fourth-order valence-electron chi connectivity index (χ4n) is 2.14. The maximum Gasteiger partial charge on any atom is 0.330 e. The van der Waals surface area contributed by atoms with Gasteiger partial charge in [-0.1, -0.05) is 18.2 Å². The molecule has 0 spiro atoms. The summed E-state index contributed by atoms with van der Waals surface area (Å²) in [7, 11) is 1.63. The first-order valence-electron chi connectivity index (χ1n) is 5.72. The minimum absolute atomic E-state index is 0.00981. The molecule has 1 N–H and O–H groups in total. The lowest BCUT2D eigenvalue weighted by atomic mass is 10.1. The van der Waals surface area contributed by atoms with Gasteiger partial charge < -0.3 is 10.0 Å². The number of nitrogens with zero attached hydrogens (tertiary/aromatic N) is 2. The first kappa shape index (κ1) is 12.4. The van der Waals surface area contributed by atoms with Crippen LogP contribution in [0.5, 0.6) is 0 Å². The van der Waals surface area contributed by atoms with E-state index in [1.165, 1.54) is 23.1 Å². The molecule has 0 aromatic carbocycles. The van der Waals surface area contributed by atoms with E-state index < -0.39 is 5.97 Å². The molecular formula is C11H16N2O3S. The van der Waals surface area contributed by atoms with Crippen LogP contribution in [0.3, 0.4) is 0 Å². The zero-order valence-electron chi connectivity index (χ0n) is 9.76. The van der Waals surface area contributed by atoms with Gasteiger partial charge in [-0.3, -0.25) is 9.69 Å². The molecule has 1 atom stereocenters. The van der Waals surface area contributed by atoms with Gasteiger partial charge >= 0.3 is 5.97 Å². The molecule has 2 aliphatic heterocycles. The second-order valence-electron chi connectivity index (χ2n) is 4.28. The maximum atomic E-state index is 12.0. The molecule has 1 amide bonds. The lowest BCUT2D eigenvalue weighted by Gasteiger charge is -2.29. The molecule has 17 heavy (non-hydrogen) atoms. The Bertz CT molecular complexity index is 364. The average molecular weight is 256 g/mol. The van der Waals surface area contributed by atoms with Crippen LogP contribution in [0.25, 0.3) is 0 Å². The zero-order chi connectivity index (χ0) is 12.4. The summed E-state index contributed by atoms with van der Waals surface area (Å²) in [5.41, 5.74) is 0. The molecule has 0 bridgehead atoms. The normalized spacial score (nSPS) is 29.0. The van der Waals surface area contributed by atoms with E-state index in [1.54, 1.807) is 7.05 Å². The molecule has 2 aliphatic rings. The highest BCUT2D eigenvalue weighted by Gasteiger charge is 2.38. The Morgan fingerprint density at radius 2 is 2.06 bits per heavy atom. The Balaban J connectivity index is 2.10. The van der Waals surface area contributed by atoms with Gasteiger partial charge in [-0.2, -0.15) is 0 Å². The molecular weight excluding hydrogens is 240 g/mol. The monoisotopic (exact) mass is 256 g/mol. The number of carboxylic acids is 1. The van der Waals surface area contributed by atoms with E-state index in [1.807, 2.05) is 0 Å². The van der Waals surface area contributed by atoms with Crippen LogP contribution >= 0.6 is 11.8 Å². The topological polar surface area (TPSA) is 60.9 Å². The Kier molecular flexibility index (Phi) is 3.73. The fraction of sp³-hybridized carbons (Fsp3) is 0.636. The number of likely N-dealkylation sites (tertiary alicyclic amines) is 1. The molecule has 2 rings (SSSR count). The molecule has 0 saturated carbocycles. The molecule has 0 unspecified atom stereocenters. The van der Waals surface area contributed by atoms with Gasteiger partial charge in [0.1, 0.15) is 5.37 Å². The highest BCUT2D eigenvalue weighted by atomic mass is 32.2. The number of rotatable bonds is 2. The van der Waals surface area contributed by atoms with Crippen LogP contribution in [-0.4, -0.2) is 52.3 Å². The molecule has 2 fully saturated rings. The lowest BCUT2D eigenvalue weighted by molar-refractivity contribution is -0.131. The summed E-state index contributed by atoms with van der Waals surface area (Å²) >= 11 is 1.34. The third-order valence-electron chi connectivity index (χ3n) is 3.07. The number of hydrogen-bond donors (Lipinski definition) is 1. The Morgan fingerprint density at radius 3 is 2.65 bits per heavy atom. The highest BCUT2D eigenvalue weighted by Crippen LogP contribution is 2.36. The third-order valence-corrected chi connectivity index (χ3v) is 4.43. The van der Waals surface area contributed by atoms with E-state index in [2.05, 4.69) is 4.90 Å². The Labute approximate surface area is 104 Å². The van der Waals surface area contributed by atoms with Crippen LogP contribution in [0.4, 0.5) is 0 Å². The van der Waals surface area contributed by atoms with E-state index in [0.29, 0.717) is 5.03 Å². The van der Waals surface area contributed by atoms with Crippen LogP contribution in [0, 0.1) is 0 Å². The second-order valence-corrected chi connectivity index (χ2v) is 5.39. The molecule has 2 saturated heterocycles. The van der Waals surface area contributed by atoms with Crippen LogP contribution in [-0.2, 0) is 9.59 Å². The number of thioether (sulfide) groups is 1. The predicted octanol–water partition coefficient (Wildman–Crippen LogP) is 0.930. The first-order valence-corrected chi connectivity index (χ1v) is 6.60. The van der Waals surface area contributed by atoms with Crippen molar-refractivity contribution >= 4 is 23.6 Å². The largest absolute Gasteiger partial charge is 0.478 e. The van der Waals surface area contributed by atoms with Crippen molar-refractivity contribution in [2.45, 2.75) is 24.6 Å². The number of piperidine rings is 1. The molecule has 0 radical (unpaired) electrons. The van der Waals surface area contributed by atoms with Gasteiger partial charge in [0.25, 0.3) is 5.91 Å². The summed E-state index contributed by atoms with van der Waals surface area (Å²) in [6.45, 7) is 1.86. The van der Waals surface area contributed by atoms with Crippen molar-refractivity contribution in [3.05, 3.63) is 11.1 Å². The molecule has 0 aliphatic carbocycles. The summed E-state index contributed by atoms with van der Waals surface area (Å²) in [4.78, 5) is 26.3. The standard InChI is InChI=1S/C11H16N2O3S/c1-12-8(7-9(14)15)17-11(10(12)16)13-5-3-2-4-6-13/h7,11H,2-6H2,1H3,(H,14,15)/b8-7-/t11-/m1/s1. The smallest absolute Gasteiger partial charge is 0.330 e. The van der Waals surface area contributed by atoms with Crippen LogP contribution in [0.1, 0.15) is 19.3 Å². The highest BCUT2D eigenvalue weighted by molar-refractivity contribution is 8.04. The van der Waals surface area contributed by atoms with Crippen molar-refractivity contribution in [2.75, 3.05) is 20.1 Å². The molecule has 6 heteroatoms. The van der Waals surface area contributed by atoms with Crippen molar-refractivity contribution in [3.8, 4) is 0 Å². The van der Waals surface area contributed by atoms with Gasteiger partial charge in [-0.15, -0.1) is 0 Å². The number of carboxylic acid groups (broad SMARTS) is 1. The van der Waals surface area contributed by atoms with E-state index in [9.17, 15) is 9.59 Å².